The van der Waals surface area contributed by atoms with Gasteiger partial charge in [0.05, 0.1) is 0 Å². The van der Waals surface area contributed by atoms with E-state index in [1.807, 2.05) is 0 Å². The number of sulfonamides is 1. The molecule has 1 aromatic rings. The van der Waals surface area contributed by atoms with Gasteiger partial charge in [-0.15, -0.1) is 0 Å². The van der Waals surface area contributed by atoms with Crippen molar-refractivity contribution in [3.05, 3.63) is 17.9 Å². The Morgan fingerprint density at radius 3 is 2.40 bits per heavy atom. The summed E-state index contributed by atoms with van der Waals surface area (Å²) in [5, 5.41) is 8.85. The molecular formula is C13H22N2O4S. The first-order valence-corrected chi connectivity index (χ1v) is 8.29. The summed E-state index contributed by atoms with van der Waals surface area (Å²) in [7, 11) is -3.57. The zero-order valence-corrected chi connectivity index (χ0v) is 12.8. The molecule has 1 aliphatic rings. The van der Waals surface area contributed by atoms with Crippen LogP contribution in [0.5, 0.6) is 0 Å². The van der Waals surface area contributed by atoms with Crippen LogP contribution in [0.1, 0.15) is 19.6 Å². The minimum atomic E-state index is -3.57. The van der Waals surface area contributed by atoms with E-state index in [9.17, 15) is 8.42 Å². The van der Waals surface area contributed by atoms with E-state index in [0.717, 1.165) is 19.6 Å². The molecule has 20 heavy (non-hydrogen) atoms. The van der Waals surface area contributed by atoms with Crippen LogP contribution in [-0.2, 0) is 16.6 Å². The van der Waals surface area contributed by atoms with Gasteiger partial charge in [0.2, 0.25) is 5.09 Å². The van der Waals surface area contributed by atoms with Crippen molar-refractivity contribution < 1.29 is 17.9 Å². The number of rotatable bonds is 5. The van der Waals surface area contributed by atoms with Crippen molar-refractivity contribution >= 4 is 10.0 Å². The molecule has 114 valence electrons. The Kier molecular flexibility index (Phi) is 4.85. The smallest absolute Gasteiger partial charge is 0.276 e. The van der Waals surface area contributed by atoms with Crippen molar-refractivity contribution in [2.45, 2.75) is 25.5 Å². The molecule has 0 atom stereocenters. The van der Waals surface area contributed by atoms with E-state index in [1.54, 1.807) is 0 Å². The summed E-state index contributed by atoms with van der Waals surface area (Å²) < 4.78 is 31.4. The van der Waals surface area contributed by atoms with Crippen LogP contribution < -0.4 is 0 Å². The van der Waals surface area contributed by atoms with Crippen LogP contribution in [0.3, 0.4) is 0 Å². The highest BCUT2D eigenvalue weighted by molar-refractivity contribution is 7.89. The van der Waals surface area contributed by atoms with Gasteiger partial charge in [0.15, 0.2) is 0 Å². The third kappa shape index (κ3) is 3.41. The number of piperazine rings is 1. The standard InChI is InChI=1S/C13H22N2O4S/c1-11(2)9-14-5-7-15(8-6-14)20(17,18)13-4-3-12(10-16)19-13/h3-4,11,16H,5-10H2,1-2H3. The first kappa shape index (κ1) is 15.5. The predicted octanol–water partition coefficient (Wildman–Crippen LogP) is 0.734. The number of hydrogen-bond donors (Lipinski definition) is 1. The average molecular weight is 302 g/mol. The van der Waals surface area contributed by atoms with E-state index >= 15 is 0 Å². The van der Waals surface area contributed by atoms with E-state index in [4.69, 9.17) is 9.52 Å². The molecule has 2 rings (SSSR count). The fourth-order valence-corrected chi connectivity index (χ4v) is 3.73. The summed E-state index contributed by atoms with van der Waals surface area (Å²) in [6, 6.07) is 2.89. The zero-order valence-electron chi connectivity index (χ0n) is 11.9. The van der Waals surface area contributed by atoms with Gasteiger partial charge < -0.3 is 14.4 Å². The normalized spacial score (nSPS) is 18.8. The molecule has 2 heterocycles. The van der Waals surface area contributed by atoms with Crippen LogP contribution in [-0.4, -0.2) is 55.5 Å². The number of aliphatic hydroxyl groups is 1. The SMILES string of the molecule is CC(C)CN1CCN(S(=O)(=O)c2ccc(CO)o2)CC1. The highest BCUT2D eigenvalue weighted by atomic mass is 32.2. The van der Waals surface area contributed by atoms with Gasteiger partial charge in [-0.2, -0.15) is 4.31 Å². The molecule has 1 fully saturated rings. The van der Waals surface area contributed by atoms with Crippen LogP contribution in [0.25, 0.3) is 0 Å². The largest absolute Gasteiger partial charge is 0.446 e. The molecule has 0 aromatic carbocycles. The van der Waals surface area contributed by atoms with Crippen LogP contribution in [0.2, 0.25) is 0 Å². The van der Waals surface area contributed by atoms with Gasteiger partial charge in [0, 0.05) is 32.7 Å². The van der Waals surface area contributed by atoms with Gasteiger partial charge in [-0.25, -0.2) is 8.42 Å². The summed E-state index contributed by atoms with van der Waals surface area (Å²) in [6.07, 6.45) is 0. The van der Waals surface area contributed by atoms with Gasteiger partial charge in [0.25, 0.3) is 10.0 Å². The lowest BCUT2D eigenvalue weighted by Crippen LogP contribution is -2.49. The van der Waals surface area contributed by atoms with E-state index in [0.29, 0.717) is 19.0 Å². The first-order chi connectivity index (χ1) is 9.43. The van der Waals surface area contributed by atoms with Crippen molar-refractivity contribution in [3.63, 3.8) is 0 Å². The predicted molar refractivity (Wildman–Crippen MR) is 74.7 cm³/mol. The maximum absolute atomic E-state index is 12.4. The summed E-state index contributed by atoms with van der Waals surface area (Å²) >= 11 is 0. The third-order valence-corrected chi connectivity index (χ3v) is 5.11. The second kappa shape index (κ2) is 6.26. The number of nitrogens with zero attached hydrogens (tertiary/aromatic N) is 2. The molecule has 1 aromatic heterocycles. The van der Waals surface area contributed by atoms with Crippen LogP contribution in [0.4, 0.5) is 0 Å². The van der Waals surface area contributed by atoms with Gasteiger partial charge in [0.1, 0.15) is 12.4 Å². The Balaban J connectivity index is 2.02. The molecule has 0 radical (unpaired) electrons. The molecule has 1 N–H and O–H groups in total. The second-order valence-electron chi connectivity index (χ2n) is 5.48. The van der Waals surface area contributed by atoms with Crippen LogP contribution in [0.15, 0.2) is 21.6 Å². The fraction of sp³-hybridized carbons (Fsp3) is 0.692. The second-order valence-corrected chi connectivity index (χ2v) is 7.35. The Morgan fingerprint density at radius 1 is 1.25 bits per heavy atom. The molecule has 7 heteroatoms. The molecule has 0 amide bonds. The Labute approximate surface area is 120 Å². The molecule has 6 nitrogen and oxygen atoms in total. The van der Waals surface area contributed by atoms with Gasteiger partial charge in [-0.3, -0.25) is 0 Å². The van der Waals surface area contributed by atoms with Crippen molar-refractivity contribution in [1.29, 1.82) is 0 Å². The molecule has 0 aliphatic carbocycles. The number of furan rings is 1. The molecule has 1 aliphatic heterocycles. The summed E-state index contributed by atoms with van der Waals surface area (Å²) in [5.41, 5.74) is 0. The molecule has 1 saturated heterocycles. The topological polar surface area (TPSA) is 74.0 Å². The van der Waals surface area contributed by atoms with Crippen LogP contribution in [0, 0.1) is 5.92 Å². The van der Waals surface area contributed by atoms with Crippen molar-refractivity contribution in [2.75, 3.05) is 32.7 Å². The highest BCUT2D eigenvalue weighted by Crippen LogP contribution is 2.20. The lowest BCUT2D eigenvalue weighted by molar-refractivity contribution is 0.170. The molecule has 0 spiro atoms. The van der Waals surface area contributed by atoms with Crippen molar-refractivity contribution in [3.8, 4) is 0 Å². The van der Waals surface area contributed by atoms with Gasteiger partial charge in [-0.1, -0.05) is 13.8 Å². The third-order valence-electron chi connectivity index (χ3n) is 3.34. The quantitative estimate of drug-likeness (QED) is 0.868. The first-order valence-electron chi connectivity index (χ1n) is 6.85. The van der Waals surface area contributed by atoms with E-state index in [-0.39, 0.29) is 17.5 Å². The minimum Gasteiger partial charge on any atom is -0.446 e. The maximum Gasteiger partial charge on any atom is 0.276 e. The van der Waals surface area contributed by atoms with Crippen molar-refractivity contribution in [1.82, 2.24) is 9.21 Å². The average Bonchev–Trinajstić information content (AvgIpc) is 2.88. The zero-order chi connectivity index (χ0) is 14.8. The Hall–Kier alpha value is -0.890. The Morgan fingerprint density at radius 2 is 1.90 bits per heavy atom. The minimum absolute atomic E-state index is 0.0844. The molecule has 0 saturated carbocycles. The number of hydrogen-bond acceptors (Lipinski definition) is 5. The van der Waals surface area contributed by atoms with Gasteiger partial charge in [-0.05, 0) is 18.1 Å². The summed E-state index contributed by atoms with van der Waals surface area (Å²) in [5.74, 6) is 0.845. The van der Waals surface area contributed by atoms with Crippen LogP contribution >= 0.6 is 0 Å². The fourth-order valence-electron chi connectivity index (χ4n) is 2.38. The van der Waals surface area contributed by atoms with Gasteiger partial charge >= 0.3 is 0 Å². The molecule has 0 unspecified atom stereocenters. The molecule has 0 bridgehead atoms. The highest BCUT2D eigenvalue weighted by Gasteiger charge is 2.30. The Bertz CT molecular complexity index is 530. The van der Waals surface area contributed by atoms with Crippen molar-refractivity contribution in [2.24, 2.45) is 5.92 Å². The summed E-state index contributed by atoms with van der Waals surface area (Å²) in [6.45, 7) is 7.44. The number of aliphatic hydroxyl groups excluding tert-OH is 1. The van der Waals surface area contributed by atoms with E-state index in [2.05, 4.69) is 18.7 Å². The lowest BCUT2D eigenvalue weighted by atomic mass is 10.2. The monoisotopic (exact) mass is 302 g/mol. The molecular weight excluding hydrogens is 280 g/mol. The summed E-state index contributed by atoms with van der Waals surface area (Å²) in [4.78, 5) is 2.28. The maximum atomic E-state index is 12.4. The van der Waals surface area contributed by atoms with E-state index < -0.39 is 10.0 Å². The van der Waals surface area contributed by atoms with E-state index in [1.165, 1.54) is 16.4 Å². The lowest BCUT2D eigenvalue weighted by Gasteiger charge is -2.34.